The van der Waals surface area contributed by atoms with Crippen molar-refractivity contribution in [1.82, 2.24) is 5.32 Å². The SMILES string of the molecule is O=C(CSCC(=O)Nc1ccc(Cl)cc1)NCCc1ccc(Cl)cc1. The molecule has 0 aliphatic heterocycles. The lowest BCUT2D eigenvalue weighted by Crippen LogP contribution is -2.28. The van der Waals surface area contributed by atoms with Crippen LogP contribution in [0.4, 0.5) is 5.69 Å². The van der Waals surface area contributed by atoms with Gasteiger partial charge >= 0.3 is 0 Å². The van der Waals surface area contributed by atoms with Crippen molar-refractivity contribution in [2.75, 3.05) is 23.4 Å². The molecular formula is C18H18Cl2N2O2S. The van der Waals surface area contributed by atoms with Crippen molar-refractivity contribution in [3.63, 3.8) is 0 Å². The molecule has 2 N–H and O–H groups in total. The summed E-state index contributed by atoms with van der Waals surface area (Å²) in [4.78, 5) is 23.6. The molecule has 0 radical (unpaired) electrons. The maximum atomic E-state index is 11.8. The van der Waals surface area contributed by atoms with Crippen LogP contribution in [0.5, 0.6) is 0 Å². The molecule has 0 aromatic heterocycles. The summed E-state index contributed by atoms with van der Waals surface area (Å²) >= 11 is 12.9. The zero-order chi connectivity index (χ0) is 18.1. The molecular weight excluding hydrogens is 379 g/mol. The number of rotatable bonds is 8. The topological polar surface area (TPSA) is 58.2 Å². The first-order valence-corrected chi connectivity index (χ1v) is 9.58. The highest BCUT2D eigenvalue weighted by atomic mass is 35.5. The molecule has 0 fully saturated rings. The summed E-state index contributed by atoms with van der Waals surface area (Å²) < 4.78 is 0. The van der Waals surface area contributed by atoms with Crippen LogP contribution in [-0.4, -0.2) is 29.9 Å². The normalized spacial score (nSPS) is 10.3. The molecule has 0 aliphatic carbocycles. The number of hydrogen-bond acceptors (Lipinski definition) is 3. The van der Waals surface area contributed by atoms with Crippen molar-refractivity contribution in [2.24, 2.45) is 0 Å². The van der Waals surface area contributed by atoms with Gasteiger partial charge in [-0.15, -0.1) is 11.8 Å². The smallest absolute Gasteiger partial charge is 0.234 e. The van der Waals surface area contributed by atoms with E-state index < -0.39 is 0 Å². The van der Waals surface area contributed by atoms with Gasteiger partial charge in [0.2, 0.25) is 11.8 Å². The van der Waals surface area contributed by atoms with E-state index in [1.165, 1.54) is 11.8 Å². The van der Waals surface area contributed by atoms with Gasteiger partial charge in [0.1, 0.15) is 0 Å². The van der Waals surface area contributed by atoms with E-state index in [-0.39, 0.29) is 23.3 Å². The second-order valence-corrected chi connectivity index (χ2v) is 7.13. The molecule has 4 nitrogen and oxygen atoms in total. The molecule has 0 saturated carbocycles. The monoisotopic (exact) mass is 396 g/mol. The molecule has 0 unspecified atom stereocenters. The molecule has 2 rings (SSSR count). The van der Waals surface area contributed by atoms with E-state index in [1.807, 2.05) is 24.3 Å². The number of hydrogen-bond donors (Lipinski definition) is 2. The van der Waals surface area contributed by atoms with Crippen LogP contribution < -0.4 is 10.6 Å². The average Bonchev–Trinajstić information content (AvgIpc) is 2.59. The lowest BCUT2D eigenvalue weighted by Gasteiger charge is -2.07. The van der Waals surface area contributed by atoms with Crippen LogP contribution in [0.3, 0.4) is 0 Å². The summed E-state index contributed by atoms with van der Waals surface area (Å²) in [6.07, 6.45) is 0.741. The van der Waals surface area contributed by atoms with Crippen LogP contribution in [0.15, 0.2) is 48.5 Å². The van der Waals surface area contributed by atoms with E-state index in [4.69, 9.17) is 23.2 Å². The quantitative estimate of drug-likeness (QED) is 0.707. The third-order valence-electron chi connectivity index (χ3n) is 3.24. The fraction of sp³-hybridized carbons (Fsp3) is 0.222. The maximum Gasteiger partial charge on any atom is 0.234 e. The second-order valence-electron chi connectivity index (χ2n) is 5.27. The van der Waals surface area contributed by atoms with Crippen LogP contribution >= 0.6 is 35.0 Å². The Balaban J connectivity index is 1.59. The van der Waals surface area contributed by atoms with Crippen LogP contribution in [0.1, 0.15) is 5.56 Å². The number of thioether (sulfide) groups is 1. The van der Waals surface area contributed by atoms with Crippen molar-refractivity contribution in [3.8, 4) is 0 Å². The van der Waals surface area contributed by atoms with Gasteiger partial charge in [-0.05, 0) is 48.4 Å². The third-order valence-corrected chi connectivity index (χ3v) is 4.68. The van der Waals surface area contributed by atoms with Crippen LogP contribution in [0.2, 0.25) is 10.0 Å². The summed E-state index contributed by atoms with van der Waals surface area (Å²) in [6, 6.07) is 14.4. The number of carbonyl (C=O) groups excluding carboxylic acids is 2. The molecule has 2 aromatic carbocycles. The number of amides is 2. The van der Waals surface area contributed by atoms with E-state index in [9.17, 15) is 9.59 Å². The molecule has 0 aliphatic rings. The highest BCUT2D eigenvalue weighted by Gasteiger charge is 2.06. The lowest BCUT2D eigenvalue weighted by atomic mass is 10.1. The van der Waals surface area contributed by atoms with Gasteiger partial charge in [-0.2, -0.15) is 0 Å². The summed E-state index contributed by atoms with van der Waals surface area (Å²) in [5.41, 5.74) is 1.79. The first-order chi connectivity index (χ1) is 12.0. The predicted molar refractivity (Wildman–Crippen MR) is 106 cm³/mol. The molecule has 0 saturated heterocycles. The van der Waals surface area contributed by atoms with Crippen molar-refractivity contribution >= 4 is 52.5 Å². The summed E-state index contributed by atoms with van der Waals surface area (Å²) in [7, 11) is 0. The Morgan fingerprint density at radius 2 is 1.40 bits per heavy atom. The van der Waals surface area contributed by atoms with Gasteiger partial charge in [0.25, 0.3) is 0 Å². The van der Waals surface area contributed by atoms with Gasteiger partial charge < -0.3 is 10.6 Å². The number of nitrogens with one attached hydrogen (secondary N) is 2. The van der Waals surface area contributed by atoms with E-state index in [1.54, 1.807) is 24.3 Å². The first kappa shape index (κ1) is 19.6. The minimum absolute atomic E-state index is 0.0849. The number of benzene rings is 2. The third kappa shape index (κ3) is 7.82. The van der Waals surface area contributed by atoms with E-state index in [0.29, 0.717) is 22.3 Å². The van der Waals surface area contributed by atoms with Gasteiger partial charge in [0, 0.05) is 22.3 Å². The molecule has 0 heterocycles. The fourth-order valence-corrected chi connectivity index (χ4v) is 2.91. The van der Waals surface area contributed by atoms with E-state index in [0.717, 1.165) is 12.0 Å². The summed E-state index contributed by atoms with van der Waals surface area (Å²) in [5.74, 6) is 0.224. The molecule has 2 amide bonds. The highest BCUT2D eigenvalue weighted by molar-refractivity contribution is 8.00. The Bertz CT molecular complexity index is 706. The Kier molecular flexibility index (Phi) is 8.12. The molecule has 0 spiro atoms. The Morgan fingerprint density at radius 3 is 2.04 bits per heavy atom. The van der Waals surface area contributed by atoms with Crippen LogP contribution in [0.25, 0.3) is 0 Å². The Labute approximate surface area is 161 Å². The zero-order valence-electron chi connectivity index (χ0n) is 13.4. The molecule has 0 atom stereocenters. The number of halogens is 2. The maximum absolute atomic E-state index is 11.8. The Hall–Kier alpha value is -1.69. The van der Waals surface area contributed by atoms with E-state index in [2.05, 4.69) is 10.6 Å². The van der Waals surface area contributed by atoms with Crippen molar-refractivity contribution in [3.05, 3.63) is 64.1 Å². The van der Waals surface area contributed by atoms with Gasteiger partial charge in [-0.3, -0.25) is 9.59 Å². The van der Waals surface area contributed by atoms with Gasteiger partial charge in [0.15, 0.2) is 0 Å². The molecule has 132 valence electrons. The number of anilines is 1. The first-order valence-electron chi connectivity index (χ1n) is 7.67. The highest BCUT2D eigenvalue weighted by Crippen LogP contribution is 2.14. The zero-order valence-corrected chi connectivity index (χ0v) is 15.8. The molecule has 7 heteroatoms. The average molecular weight is 397 g/mol. The van der Waals surface area contributed by atoms with Crippen molar-refractivity contribution < 1.29 is 9.59 Å². The minimum atomic E-state index is -0.152. The largest absolute Gasteiger partial charge is 0.355 e. The van der Waals surface area contributed by atoms with Crippen LogP contribution in [0, 0.1) is 0 Å². The standard InChI is InChI=1S/C18H18Cl2N2O2S/c19-14-3-1-13(2-4-14)9-10-21-17(23)11-25-12-18(24)22-16-7-5-15(20)6-8-16/h1-8H,9-12H2,(H,21,23)(H,22,24). The van der Waals surface area contributed by atoms with Gasteiger partial charge in [-0.1, -0.05) is 35.3 Å². The summed E-state index contributed by atoms with van der Waals surface area (Å²) in [6.45, 7) is 0.554. The summed E-state index contributed by atoms with van der Waals surface area (Å²) in [5, 5.41) is 6.90. The minimum Gasteiger partial charge on any atom is -0.355 e. The van der Waals surface area contributed by atoms with Gasteiger partial charge in [0.05, 0.1) is 11.5 Å². The second kappa shape index (κ2) is 10.3. The van der Waals surface area contributed by atoms with Crippen molar-refractivity contribution in [1.29, 1.82) is 0 Å². The van der Waals surface area contributed by atoms with Crippen LogP contribution in [-0.2, 0) is 16.0 Å². The van der Waals surface area contributed by atoms with Crippen molar-refractivity contribution in [2.45, 2.75) is 6.42 Å². The van der Waals surface area contributed by atoms with Gasteiger partial charge in [-0.25, -0.2) is 0 Å². The molecule has 25 heavy (non-hydrogen) atoms. The fourth-order valence-electron chi connectivity index (χ4n) is 2.02. The lowest BCUT2D eigenvalue weighted by molar-refractivity contribution is -0.118. The predicted octanol–water partition coefficient (Wildman–Crippen LogP) is 4.02. The molecule has 0 bridgehead atoms. The molecule has 2 aromatic rings. The number of carbonyl (C=O) groups is 2. The Morgan fingerprint density at radius 1 is 0.840 bits per heavy atom. The van der Waals surface area contributed by atoms with E-state index >= 15 is 0 Å².